The third-order valence-electron chi connectivity index (χ3n) is 3.01. The van der Waals surface area contributed by atoms with Gasteiger partial charge in [-0.05, 0) is 6.04 Å². The van der Waals surface area contributed by atoms with Gasteiger partial charge in [0.05, 0.1) is 0 Å². The Balaban J connectivity index is 0.000000482. The van der Waals surface area contributed by atoms with Crippen molar-refractivity contribution in [2.45, 2.75) is 12.5 Å². The molecule has 1 aromatic carbocycles. The number of hydrogen-bond acceptors (Lipinski definition) is 2. The van der Waals surface area contributed by atoms with E-state index in [1.54, 1.807) is 12.7 Å². The second kappa shape index (κ2) is 10.7. The second-order valence-electron chi connectivity index (χ2n) is 4.25. The molecule has 0 spiro atoms. The first-order valence-corrected chi connectivity index (χ1v) is 6.19. The topological polar surface area (TPSA) is 30.7 Å². The summed E-state index contributed by atoms with van der Waals surface area (Å²) in [6.07, 6.45) is 18.7. The van der Waals surface area contributed by atoms with Crippen molar-refractivity contribution in [1.29, 1.82) is 0 Å². The van der Waals surface area contributed by atoms with Gasteiger partial charge >= 0.3 is 26.2 Å². The van der Waals surface area contributed by atoms with Gasteiger partial charge in [-0.2, -0.15) is 11.6 Å². The quantitative estimate of drug-likeness (QED) is 0.471. The van der Waals surface area contributed by atoms with E-state index >= 15 is 0 Å². The number of fused-ring (bicyclic) bond motifs is 1. The minimum atomic E-state index is 0. The molecule has 0 saturated carbocycles. The SMILES string of the molecule is [C-]1=CC=CC1.[C-]1=Cc2ccccc2C1n1cnnc1.[Cl-].[Cl-].[Zr+4]. The van der Waals surface area contributed by atoms with Crippen molar-refractivity contribution < 1.29 is 51.0 Å². The molecule has 2 aromatic rings. The molecule has 0 N–H and O–H groups in total. The molecular weight excluding hydrogens is 396 g/mol. The van der Waals surface area contributed by atoms with Gasteiger partial charge in [0.25, 0.3) is 0 Å². The summed E-state index contributed by atoms with van der Waals surface area (Å²) in [6.45, 7) is 0. The minimum absolute atomic E-state index is 0. The van der Waals surface area contributed by atoms with Gasteiger partial charge in [-0.1, -0.05) is 18.2 Å². The molecule has 0 aliphatic heterocycles. The van der Waals surface area contributed by atoms with E-state index in [4.69, 9.17) is 0 Å². The van der Waals surface area contributed by atoms with Gasteiger partial charge in [-0.15, -0.1) is 28.2 Å². The van der Waals surface area contributed by atoms with Crippen LogP contribution in [0.25, 0.3) is 6.08 Å². The van der Waals surface area contributed by atoms with Crippen molar-refractivity contribution in [3.63, 3.8) is 0 Å². The number of rotatable bonds is 1. The summed E-state index contributed by atoms with van der Waals surface area (Å²) in [5.41, 5.74) is 2.48. The molecule has 110 valence electrons. The van der Waals surface area contributed by atoms with Crippen molar-refractivity contribution in [3.05, 3.63) is 78.4 Å². The molecule has 0 amide bonds. The Morgan fingerprint density at radius 2 is 1.82 bits per heavy atom. The molecule has 1 atom stereocenters. The number of halogens is 2. The number of nitrogens with zero attached hydrogens (tertiary/aromatic N) is 3. The zero-order valence-electron chi connectivity index (χ0n) is 11.7. The molecule has 0 radical (unpaired) electrons. The Bertz CT molecular complexity index is 627. The van der Waals surface area contributed by atoms with Crippen molar-refractivity contribution in [1.82, 2.24) is 14.8 Å². The van der Waals surface area contributed by atoms with Crippen LogP contribution >= 0.6 is 0 Å². The van der Waals surface area contributed by atoms with E-state index in [1.165, 1.54) is 11.1 Å². The summed E-state index contributed by atoms with van der Waals surface area (Å²) < 4.78 is 1.95. The summed E-state index contributed by atoms with van der Waals surface area (Å²) in [5, 5.41) is 7.60. The number of hydrogen-bond donors (Lipinski definition) is 0. The number of benzene rings is 1. The standard InChI is InChI=1S/C11H8N3.C5H5.2ClH.Zr/c1-2-4-10-9(3-1)5-6-11(10)14-7-12-13-8-14;1-2-4-5-3-1;;;/h1-5,7-8,11H;1-3H,4H2;2*1H;/q2*-1;;;+4/p-2. The van der Waals surface area contributed by atoms with Gasteiger partial charge in [0, 0.05) is 0 Å². The van der Waals surface area contributed by atoms with Crippen LogP contribution in [-0.2, 0) is 26.2 Å². The molecule has 4 rings (SSSR count). The Morgan fingerprint density at radius 1 is 1.09 bits per heavy atom. The molecule has 6 heteroatoms. The van der Waals surface area contributed by atoms with Gasteiger partial charge in [0.2, 0.25) is 0 Å². The van der Waals surface area contributed by atoms with Crippen LogP contribution in [0.2, 0.25) is 0 Å². The van der Waals surface area contributed by atoms with Gasteiger partial charge in [0.15, 0.2) is 0 Å². The van der Waals surface area contributed by atoms with Crippen LogP contribution in [0, 0.1) is 12.2 Å². The zero-order valence-corrected chi connectivity index (χ0v) is 15.6. The largest absolute Gasteiger partial charge is 4.00 e. The summed E-state index contributed by atoms with van der Waals surface area (Å²) in [6, 6.07) is 8.41. The van der Waals surface area contributed by atoms with Gasteiger partial charge in [0.1, 0.15) is 12.7 Å². The Morgan fingerprint density at radius 3 is 2.41 bits per heavy atom. The summed E-state index contributed by atoms with van der Waals surface area (Å²) in [4.78, 5) is 0. The molecule has 1 unspecified atom stereocenters. The van der Waals surface area contributed by atoms with E-state index in [-0.39, 0.29) is 57.1 Å². The summed E-state index contributed by atoms with van der Waals surface area (Å²) >= 11 is 0. The molecule has 0 fully saturated rings. The molecule has 0 saturated heterocycles. The fourth-order valence-electron chi connectivity index (χ4n) is 2.08. The van der Waals surface area contributed by atoms with E-state index < -0.39 is 0 Å². The van der Waals surface area contributed by atoms with Crippen molar-refractivity contribution in [3.8, 4) is 0 Å². The molecule has 2 aliphatic carbocycles. The first-order valence-electron chi connectivity index (χ1n) is 6.19. The van der Waals surface area contributed by atoms with Crippen molar-refractivity contribution in [2.75, 3.05) is 0 Å². The minimum Gasteiger partial charge on any atom is -1.00 e. The van der Waals surface area contributed by atoms with Crippen LogP contribution < -0.4 is 24.8 Å². The van der Waals surface area contributed by atoms with Crippen LogP contribution in [0.5, 0.6) is 0 Å². The van der Waals surface area contributed by atoms with Crippen molar-refractivity contribution >= 4 is 6.08 Å². The van der Waals surface area contributed by atoms with E-state index in [2.05, 4.69) is 40.6 Å². The zero-order chi connectivity index (χ0) is 12.9. The maximum atomic E-state index is 3.80. The summed E-state index contributed by atoms with van der Waals surface area (Å²) in [7, 11) is 0. The average Bonchev–Trinajstić information content (AvgIpc) is 3.21. The summed E-state index contributed by atoms with van der Waals surface area (Å²) in [5.74, 6) is 0. The molecule has 1 aromatic heterocycles. The normalized spacial score (nSPS) is 15.7. The maximum Gasteiger partial charge on any atom is 4.00 e. The monoisotopic (exact) mass is 407 g/mol. The fourth-order valence-corrected chi connectivity index (χ4v) is 2.08. The molecule has 3 nitrogen and oxygen atoms in total. The first-order chi connectivity index (χ1) is 9.45. The van der Waals surface area contributed by atoms with Gasteiger partial charge < -0.3 is 29.4 Å². The third-order valence-corrected chi connectivity index (χ3v) is 3.01. The maximum absolute atomic E-state index is 3.80. The molecule has 1 heterocycles. The van der Waals surface area contributed by atoms with Crippen molar-refractivity contribution in [2.24, 2.45) is 0 Å². The van der Waals surface area contributed by atoms with E-state index in [1.807, 2.05) is 34.9 Å². The van der Waals surface area contributed by atoms with Crippen LogP contribution in [0.4, 0.5) is 0 Å². The van der Waals surface area contributed by atoms with Crippen LogP contribution in [0.15, 0.2) is 55.1 Å². The fraction of sp³-hybridized carbons (Fsp3) is 0.125. The van der Waals surface area contributed by atoms with Gasteiger partial charge in [-0.25, -0.2) is 24.3 Å². The number of allylic oxidation sites excluding steroid dienone is 5. The van der Waals surface area contributed by atoms with E-state index in [0.29, 0.717) is 0 Å². The predicted octanol–water partition coefficient (Wildman–Crippen LogP) is -2.99. The molecule has 0 bridgehead atoms. The Labute approximate surface area is 162 Å². The first kappa shape index (κ1) is 21.0. The van der Waals surface area contributed by atoms with Gasteiger partial charge in [-0.3, -0.25) is 6.08 Å². The molecule has 22 heavy (non-hydrogen) atoms. The molecule has 2 aliphatic rings. The second-order valence-corrected chi connectivity index (χ2v) is 4.25. The van der Waals surface area contributed by atoms with Crippen LogP contribution in [0.3, 0.4) is 0 Å². The van der Waals surface area contributed by atoms with Crippen LogP contribution in [-0.4, -0.2) is 14.8 Å². The van der Waals surface area contributed by atoms with Crippen LogP contribution in [0.1, 0.15) is 23.6 Å². The Hall–Kier alpha value is -0.957. The van der Waals surface area contributed by atoms with E-state index in [9.17, 15) is 0 Å². The van der Waals surface area contributed by atoms with E-state index in [0.717, 1.165) is 6.42 Å². The molecular formula is C16H13Cl2N3Zr. The predicted molar refractivity (Wildman–Crippen MR) is 73.9 cm³/mol. The smallest absolute Gasteiger partial charge is 1.00 e. The average molecular weight is 409 g/mol. The number of aromatic nitrogens is 3. The Kier molecular flexibility index (Phi) is 10.3. The third kappa shape index (κ3) is 5.05.